The van der Waals surface area contributed by atoms with Crippen LogP contribution in [0.1, 0.15) is 57.1 Å². The number of nitrogens with one attached hydrogen (secondary N) is 2. The molecule has 0 radical (unpaired) electrons. The predicted octanol–water partition coefficient (Wildman–Crippen LogP) is 5.38. The molecule has 0 aromatic heterocycles. The number of methoxy groups -OCH3 is 1. The molecule has 0 atom stereocenters. The molecule has 2 rings (SSSR count). The number of carbonyl (C=O) groups excluding carboxylic acids is 1. The van der Waals surface area contributed by atoms with Gasteiger partial charge in [0, 0.05) is 30.4 Å². The Kier molecular flexibility index (Phi) is 7.07. The van der Waals surface area contributed by atoms with Crippen molar-refractivity contribution in [3.63, 3.8) is 0 Å². The first kappa shape index (κ1) is 19.8. The number of anilines is 2. The van der Waals surface area contributed by atoms with E-state index < -0.39 is 0 Å². The van der Waals surface area contributed by atoms with E-state index in [2.05, 4.69) is 56.5 Å². The van der Waals surface area contributed by atoms with Crippen LogP contribution in [0.15, 0.2) is 42.5 Å². The summed E-state index contributed by atoms with van der Waals surface area (Å²) < 4.78 is 5.21. The molecule has 0 fully saturated rings. The molecule has 26 heavy (non-hydrogen) atoms. The van der Waals surface area contributed by atoms with Crippen molar-refractivity contribution >= 4 is 17.3 Å². The third-order valence-corrected chi connectivity index (χ3v) is 4.39. The van der Waals surface area contributed by atoms with Crippen molar-refractivity contribution in [3.05, 3.63) is 53.6 Å². The summed E-state index contributed by atoms with van der Waals surface area (Å²) in [4.78, 5) is 12.5. The van der Waals surface area contributed by atoms with Crippen molar-refractivity contribution in [1.29, 1.82) is 0 Å². The highest BCUT2D eigenvalue weighted by molar-refractivity contribution is 5.93. The average Bonchev–Trinajstić information content (AvgIpc) is 2.61. The molecular formula is C22H30N2O2. The van der Waals surface area contributed by atoms with Gasteiger partial charge in [-0.3, -0.25) is 4.79 Å². The lowest BCUT2D eigenvalue weighted by Crippen LogP contribution is -2.18. The zero-order valence-corrected chi connectivity index (χ0v) is 16.4. The Morgan fingerprint density at radius 1 is 1.00 bits per heavy atom. The molecule has 0 saturated heterocycles. The van der Waals surface area contributed by atoms with Crippen LogP contribution in [-0.2, 0) is 4.79 Å². The van der Waals surface area contributed by atoms with Crippen LogP contribution >= 0.6 is 0 Å². The van der Waals surface area contributed by atoms with Crippen LogP contribution in [0, 0.1) is 0 Å². The van der Waals surface area contributed by atoms with Crippen molar-refractivity contribution < 1.29 is 9.53 Å². The van der Waals surface area contributed by atoms with Crippen LogP contribution in [0.25, 0.3) is 0 Å². The summed E-state index contributed by atoms with van der Waals surface area (Å²) in [6, 6.07) is 14.0. The molecule has 2 N–H and O–H groups in total. The van der Waals surface area contributed by atoms with E-state index in [1.165, 1.54) is 11.1 Å². The van der Waals surface area contributed by atoms with Crippen LogP contribution in [0.5, 0.6) is 5.75 Å². The van der Waals surface area contributed by atoms with E-state index in [9.17, 15) is 4.79 Å². The maximum Gasteiger partial charge on any atom is 0.226 e. The summed E-state index contributed by atoms with van der Waals surface area (Å²) in [6.45, 7) is 9.18. The molecule has 0 aliphatic heterocycles. The lowest BCUT2D eigenvalue weighted by Gasteiger charge is -2.20. The third kappa shape index (κ3) is 5.25. The van der Waals surface area contributed by atoms with Crippen LogP contribution in [0.4, 0.5) is 11.4 Å². The first-order chi connectivity index (χ1) is 12.4. The van der Waals surface area contributed by atoms with Gasteiger partial charge in [-0.25, -0.2) is 0 Å². The van der Waals surface area contributed by atoms with E-state index >= 15 is 0 Å². The fourth-order valence-corrected chi connectivity index (χ4v) is 2.95. The Hall–Kier alpha value is -2.49. The second-order valence-electron chi connectivity index (χ2n) is 7.08. The summed E-state index contributed by atoms with van der Waals surface area (Å²) in [7, 11) is 1.64. The van der Waals surface area contributed by atoms with Crippen LogP contribution in [-0.4, -0.2) is 19.6 Å². The second kappa shape index (κ2) is 9.27. The smallest absolute Gasteiger partial charge is 0.226 e. The third-order valence-electron chi connectivity index (χ3n) is 4.39. The Labute approximate surface area is 157 Å². The molecule has 0 saturated carbocycles. The highest BCUT2D eigenvalue weighted by Crippen LogP contribution is 2.32. The van der Waals surface area contributed by atoms with Crippen molar-refractivity contribution in [1.82, 2.24) is 0 Å². The van der Waals surface area contributed by atoms with Crippen molar-refractivity contribution in [3.8, 4) is 5.75 Å². The lowest BCUT2D eigenvalue weighted by atomic mass is 9.92. The Morgan fingerprint density at radius 3 is 2.19 bits per heavy atom. The number of carbonyl (C=O) groups is 1. The van der Waals surface area contributed by atoms with Gasteiger partial charge in [0.2, 0.25) is 5.91 Å². The predicted molar refractivity (Wildman–Crippen MR) is 109 cm³/mol. The number of hydrogen-bond acceptors (Lipinski definition) is 3. The quantitative estimate of drug-likeness (QED) is 0.669. The average molecular weight is 354 g/mol. The van der Waals surface area contributed by atoms with Crippen LogP contribution in [0.2, 0.25) is 0 Å². The maximum atomic E-state index is 12.5. The zero-order chi connectivity index (χ0) is 19.1. The Morgan fingerprint density at radius 2 is 1.62 bits per heavy atom. The van der Waals surface area contributed by atoms with Gasteiger partial charge in [0.05, 0.1) is 7.11 Å². The SMILES string of the molecule is COc1cccc(NCCC(=O)Nc2c(C(C)C)cccc2C(C)C)c1. The number of amides is 1. The number of benzene rings is 2. The summed E-state index contributed by atoms with van der Waals surface area (Å²) in [5.74, 6) is 1.54. The number of ether oxygens (including phenoxy) is 1. The molecule has 0 aliphatic carbocycles. The van der Waals surface area contributed by atoms with Gasteiger partial charge in [-0.05, 0) is 35.1 Å². The van der Waals surface area contributed by atoms with Gasteiger partial charge in [0.1, 0.15) is 5.75 Å². The van der Waals surface area contributed by atoms with Gasteiger partial charge in [-0.2, -0.15) is 0 Å². The lowest BCUT2D eigenvalue weighted by molar-refractivity contribution is -0.115. The summed E-state index contributed by atoms with van der Waals surface area (Å²) in [5.41, 5.74) is 4.29. The van der Waals surface area contributed by atoms with Gasteiger partial charge in [0.15, 0.2) is 0 Å². The first-order valence-corrected chi connectivity index (χ1v) is 9.23. The molecule has 0 unspecified atom stereocenters. The minimum Gasteiger partial charge on any atom is -0.497 e. The largest absolute Gasteiger partial charge is 0.497 e. The van der Waals surface area contributed by atoms with Crippen molar-refractivity contribution in [2.24, 2.45) is 0 Å². The van der Waals surface area contributed by atoms with Crippen LogP contribution in [0.3, 0.4) is 0 Å². The van der Waals surface area contributed by atoms with E-state index in [0.717, 1.165) is 17.1 Å². The van der Waals surface area contributed by atoms with Gasteiger partial charge in [-0.15, -0.1) is 0 Å². The van der Waals surface area contributed by atoms with Gasteiger partial charge in [0.25, 0.3) is 0 Å². The van der Waals surface area contributed by atoms with E-state index in [1.807, 2.05) is 24.3 Å². The molecule has 1 amide bonds. The standard InChI is InChI=1S/C22H30N2O2/c1-15(2)19-10-7-11-20(16(3)4)22(19)24-21(25)12-13-23-17-8-6-9-18(14-17)26-5/h6-11,14-16,23H,12-13H2,1-5H3,(H,24,25). The van der Waals surface area contributed by atoms with Crippen molar-refractivity contribution in [2.75, 3.05) is 24.3 Å². The zero-order valence-electron chi connectivity index (χ0n) is 16.4. The molecule has 4 nitrogen and oxygen atoms in total. The van der Waals surface area contributed by atoms with E-state index in [1.54, 1.807) is 7.11 Å². The number of hydrogen-bond donors (Lipinski definition) is 2. The first-order valence-electron chi connectivity index (χ1n) is 9.23. The van der Waals surface area contributed by atoms with Crippen molar-refractivity contribution in [2.45, 2.75) is 46.0 Å². The minimum atomic E-state index is 0.0235. The maximum absolute atomic E-state index is 12.5. The van der Waals surface area contributed by atoms with E-state index in [-0.39, 0.29) is 5.91 Å². The topological polar surface area (TPSA) is 50.4 Å². The van der Waals surface area contributed by atoms with E-state index in [0.29, 0.717) is 24.8 Å². The summed E-state index contributed by atoms with van der Waals surface area (Å²) >= 11 is 0. The Bertz CT molecular complexity index is 712. The van der Waals surface area contributed by atoms with E-state index in [4.69, 9.17) is 4.74 Å². The van der Waals surface area contributed by atoms with Crippen LogP contribution < -0.4 is 15.4 Å². The minimum absolute atomic E-state index is 0.0235. The molecule has 2 aromatic rings. The fraction of sp³-hybridized carbons (Fsp3) is 0.409. The molecule has 4 heteroatoms. The monoisotopic (exact) mass is 354 g/mol. The summed E-state index contributed by atoms with van der Waals surface area (Å²) in [6.07, 6.45) is 0.404. The molecule has 0 spiro atoms. The number of para-hydroxylation sites is 1. The molecule has 0 bridgehead atoms. The highest BCUT2D eigenvalue weighted by atomic mass is 16.5. The normalized spacial score (nSPS) is 10.9. The molecule has 2 aromatic carbocycles. The summed E-state index contributed by atoms with van der Waals surface area (Å²) in [5, 5.41) is 6.42. The van der Waals surface area contributed by atoms with Gasteiger partial charge in [-0.1, -0.05) is 52.0 Å². The molecule has 140 valence electrons. The Balaban J connectivity index is 2.01. The van der Waals surface area contributed by atoms with Gasteiger partial charge < -0.3 is 15.4 Å². The number of rotatable bonds is 8. The second-order valence-corrected chi connectivity index (χ2v) is 7.08. The van der Waals surface area contributed by atoms with Gasteiger partial charge >= 0.3 is 0 Å². The fourth-order valence-electron chi connectivity index (χ4n) is 2.95. The molecule has 0 heterocycles. The molecular weight excluding hydrogens is 324 g/mol. The highest BCUT2D eigenvalue weighted by Gasteiger charge is 2.15. The molecule has 0 aliphatic rings.